The van der Waals surface area contributed by atoms with Gasteiger partial charge in [0.25, 0.3) is 0 Å². The Hall–Kier alpha value is -0.220. The SMILES string of the molecule is CSC(C)CNCCCCCC(=O)O. The third kappa shape index (κ3) is 9.86. The molecule has 0 aliphatic carbocycles. The van der Waals surface area contributed by atoms with E-state index in [4.69, 9.17) is 5.11 Å². The summed E-state index contributed by atoms with van der Waals surface area (Å²) in [5.74, 6) is -0.686. The van der Waals surface area contributed by atoms with E-state index in [0.717, 1.165) is 32.4 Å². The molecule has 0 aliphatic rings. The molecule has 0 aromatic heterocycles. The van der Waals surface area contributed by atoms with Crippen LogP contribution in [0.3, 0.4) is 0 Å². The minimum Gasteiger partial charge on any atom is -0.481 e. The number of aliphatic carboxylic acids is 1. The summed E-state index contributed by atoms with van der Waals surface area (Å²) in [5, 5.41) is 12.4. The Morgan fingerprint density at radius 1 is 1.43 bits per heavy atom. The van der Waals surface area contributed by atoms with Gasteiger partial charge in [-0.3, -0.25) is 4.79 Å². The molecule has 0 saturated heterocycles. The fourth-order valence-electron chi connectivity index (χ4n) is 1.09. The third-order valence-corrected chi connectivity index (χ3v) is 3.05. The van der Waals surface area contributed by atoms with E-state index >= 15 is 0 Å². The zero-order valence-corrected chi connectivity index (χ0v) is 9.90. The second-order valence-electron chi connectivity index (χ2n) is 3.45. The van der Waals surface area contributed by atoms with Crippen LogP contribution >= 0.6 is 11.8 Å². The van der Waals surface area contributed by atoms with Gasteiger partial charge in [-0.1, -0.05) is 13.3 Å². The highest BCUT2D eigenvalue weighted by molar-refractivity contribution is 7.99. The quantitative estimate of drug-likeness (QED) is 0.582. The summed E-state index contributed by atoms with van der Waals surface area (Å²) in [7, 11) is 0. The van der Waals surface area contributed by atoms with Gasteiger partial charge >= 0.3 is 5.97 Å². The van der Waals surface area contributed by atoms with Crippen LogP contribution in [0.25, 0.3) is 0 Å². The van der Waals surface area contributed by atoms with Crippen molar-refractivity contribution in [3.8, 4) is 0 Å². The first-order valence-corrected chi connectivity index (χ1v) is 6.41. The molecule has 1 unspecified atom stereocenters. The molecular weight excluding hydrogens is 198 g/mol. The summed E-state index contributed by atoms with van der Waals surface area (Å²) in [6, 6.07) is 0. The molecule has 3 nitrogen and oxygen atoms in total. The average Bonchev–Trinajstić information content (AvgIpc) is 2.15. The molecule has 2 N–H and O–H groups in total. The van der Waals surface area contributed by atoms with Crippen LogP contribution in [0.1, 0.15) is 32.6 Å². The standard InChI is InChI=1S/C10H21NO2S/c1-9(14-2)8-11-7-5-3-4-6-10(12)13/h9,11H,3-8H2,1-2H3,(H,12,13). The van der Waals surface area contributed by atoms with Gasteiger partial charge in [-0.15, -0.1) is 0 Å². The van der Waals surface area contributed by atoms with E-state index in [9.17, 15) is 4.79 Å². The first-order chi connectivity index (χ1) is 6.66. The smallest absolute Gasteiger partial charge is 0.303 e. The molecule has 0 spiro atoms. The molecule has 0 aliphatic heterocycles. The summed E-state index contributed by atoms with van der Waals surface area (Å²) in [5.41, 5.74) is 0. The lowest BCUT2D eigenvalue weighted by molar-refractivity contribution is -0.137. The number of hydrogen-bond donors (Lipinski definition) is 2. The average molecular weight is 219 g/mol. The van der Waals surface area contributed by atoms with Gasteiger partial charge in [0.2, 0.25) is 0 Å². The van der Waals surface area contributed by atoms with E-state index in [0.29, 0.717) is 11.7 Å². The topological polar surface area (TPSA) is 49.3 Å². The van der Waals surface area contributed by atoms with Gasteiger partial charge in [-0.05, 0) is 25.6 Å². The second-order valence-corrected chi connectivity index (χ2v) is 4.73. The van der Waals surface area contributed by atoms with E-state index in [1.165, 1.54) is 0 Å². The monoisotopic (exact) mass is 219 g/mol. The summed E-state index contributed by atoms with van der Waals surface area (Å²) in [4.78, 5) is 10.2. The van der Waals surface area contributed by atoms with E-state index in [1.807, 2.05) is 11.8 Å². The molecule has 0 rings (SSSR count). The van der Waals surface area contributed by atoms with Gasteiger partial charge in [0.15, 0.2) is 0 Å². The van der Waals surface area contributed by atoms with Crippen molar-refractivity contribution in [2.75, 3.05) is 19.3 Å². The number of carboxylic acid groups (broad SMARTS) is 1. The molecule has 84 valence electrons. The maximum atomic E-state index is 10.2. The van der Waals surface area contributed by atoms with Crippen molar-refractivity contribution < 1.29 is 9.90 Å². The molecular formula is C10H21NO2S. The highest BCUT2D eigenvalue weighted by Crippen LogP contribution is 2.03. The minimum absolute atomic E-state index is 0.307. The van der Waals surface area contributed by atoms with Crippen molar-refractivity contribution in [1.82, 2.24) is 5.32 Å². The minimum atomic E-state index is -0.686. The van der Waals surface area contributed by atoms with Crippen LogP contribution < -0.4 is 5.32 Å². The Morgan fingerprint density at radius 3 is 2.71 bits per heavy atom. The predicted molar refractivity (Wildman–Crippen MR) is 62.0 cm³/mol. The predicted octanol–water partition coefficient (Wildman–Crippen LogP) is 1.97. The summed E-state index contributed by atoms with van der Waals surface area (Å²) >= 11 is 1.86. The molecule has 0 bridgehead atoms. The lowest BCUT2D eigenvalue weighted by Gasteiger charge is -2.09. The van der Waals surface area contributed by atoms with Crippen molar-refractivity contribution in [2.24, 2.45) is 0 Å². The number of carbonyl (C=O) groups is 1. The number of thioether (sulfide) groups is 1. The number of rotatable bonds is 9. The molecule has 1 atom stereocenters. The Labute approximate surface area is 90.7 Å². The van der Waals surface area contributed by atoms with Gasteiger partial charge in [0.1, 0.15) is 0 Å². The van der Waals surface area contributed by atoms with Crippen molar-refractivity contribution >= 4 is 17.7 Å². The number of unbranched alkanes of at least 4 members (excludes halogenated alkanes) is 2. The summed E-state index contributed by atoms with van der Waals surface area (Å²) < 4.78 is 0. The van der Waals surface area contributed by atoms with Crippen LogP contribution in [0.15, 0.2) is 0 Å². The molecule has 0 aromatic carbocycles. The highest BCUT2D eigenvalue weighted by atomic mass is 32.2. The fourth-order valence-corrected chi connectivity index (χ4v) is 1.38. The third-order valence-electron chi connectivity index (χ3n) is 2.08. The normalized spacial score (nSPS) is 12.7. The number of carboxylic acids is 1. The maximum absolute atomic E-state index is 10.2. The zero-order chi connectivity index (χ0) is 10.8. The van der Waals surface area contributed by atoms with E-state index in [1.54, 1.807) is 0 Å². The van der Waals surface area contributed by atoms with Gasteiger partial charge in [0.05, 0.1) is 0 Å². The lowest BCUT2D eigenvalue weighted by Crippen LogP contribution is -2.23. The zero-order valence-electron chi connectivity index (χ0n) is 9.08. The van der Waals surface area contributed by atoms with Crippen molar-refractivity contribution in [3.63, 3.8) is 0 Å². The van der Waals surface area contributed by atoms with Crippen LogP contribution in [0, 0.1) is 0 Å². The van der Waals surface area contributed by atoms with Crippen LogP contribution in [-0.2, 0) is 4.79 Å². The molecule has 0 aromatic rings. The largest absolute Gasteiger partial charge is 0.481 e. The Bertz CT molecular complexity index is 153. The summed E-state index contributed by atoms with van der Waals surface area (Å²) in [6.07, 6.45) is 5.30. The number of nitrogens with one attached hydrogen (secondary N) is 1. The van der Waals surface area contributed by atoms with Gasteiger partial charge < -0.3 is 10.4 Å². The van der Waals surface area contributed by atoms with Gasteiger partial charge in [0, 0.05) is 18.2 Å². The summed E-state index contributed by atoms with van der Waals surface area (Å²) in [6.45, 7) is 4.24. The maximum Gasteiger partial charge on any atom is 0.303 e. The second kappa shape index (κ2) is 9.34. The van der Waals surface area contributed by atoms with Crippen LogP contribution in [0.5, 0.6) is 0 Å². The van der Waals surface area contributed by atoms with Crippen molar-refractivity contribution in [1.29, 1.82) is 0 Å². The Morgan fingerprint density at radius 2 is 2.14 bits per heavy atom. The van der Waals surface area contributed by atoms with Crippen molar-refractivity contribution in [2.45, 2.75) is 37.9 Å². The lowest BCUT2D eigenvalue weighted by atomic mass is 10.2. The van der Waals surface area contributed by atoms with Gasteiger partial charge in [-0.25, -0.2) is 0 Å². The first-order valence-electron chi connectivity index (χ1n) is 5.12. The highest BCUT2D eigenvalue weighted by Gasteiger charge is 1.98. The van der Waals surface area contributed by atoms with Crippen LogP contribution in [0.2, 0.25) is 0 Å². The molecule has 0 amide bonds. The molecule has 4 heteroatoms. The molecule has 0 fully saturated rings. The number of hydrogen-bond acceptors (Lipinski definition) is 3. The molecule has 0 radical (unpaired) electrons. The molecule has 0 saturated carbocycles. The molecule has 14 heavy (non-hydrogen) atoms. The Balaban J connectivity index is 3.02. The van der Waals surface area contributed by atoms with E-state index in [-0.39, 0.29) is 0 Å². The van der Waals surface area contributed by atoms with Crippen LogP contribution in [-0.4, -0.2) is 35.7 Å². The van der Waals surface area contributed by atoms with Crippen molar-refractivity contribution in [3.05, 3.63) is 0 Å². The van der Waals surface area contributed by atoms with Crippen LogP contribution in [0.4, 0.5) is 0 Å². The van der Waals surface area contributed by atoms with E-state index in [2.05, 4.69) is 18.5 Å². The van der Waals surface area contributed by atoms with E-state index < -0.39 is 5.97 Å². The molecule has 0 heterocycles. The fraction of sp³-hybridized carbons (Fsp3) is 0.900. The first kappa shape index (κ1) is 13.8. The Kier molecular flexibility index (Phi) is 9.19. The van der Waals surface area contributed by atoms with Gasteiger partial charge in [-0.2, -0.15) is 11.8 Å².